The van der Waals surface area contributed by atoms with E-state index in [-0.39, 0.29) is 44.9 Å². The van der Waals surface area contributed by atoms with Crippen molar-refractivity contribution in [2.75, 3.05) is 18.2 Å². The molecular weight excluding hydrogens is 464 g/mol. The van der Waals surface area contributed by atoms with Crippen molar-refractivity contribution in [3.05, 3.63) is 53.5 Å². The molecule has 1 fully saturated rings. The number of nitrogens with zero attached hydrogens (tertiary/aromatic N) is 2. The molecule has 4 rings (SSSR count). The Morgan fingerprint density at radius 3 is 2.65 bits per heavy atom. The van der Waals surface area contributed by atoms with Crippen LogP contribution in [0.3, 0.4) is 0 Å². The number of anilines is 2. The van der Waals surface area contributed by atoms with E-state index in [1.54, 1.807) is 12.3 Å². The lowest BCUT2D eigenvalue weighted by molar-refractivity contribution is 0.0521. The van der Waals surface area contributed by atoms with Crippen LogP contribution < -0.4 is 21.5 Å². The van der Waals surface area contributed by atoms with Gasteiger partial charge in [-0.3, -0.25) is 9.78 Å². The number of hydrogen-bond donors (Lipinski definition) is 4. The Kier molecular flexibility index (Phi) is 6.78. The molecule has 0 unspecified atom stereocenters. The van der Waals surface area contributed by atoms with Gasteiger partial charge in [0.05, 0.1) is 30.7 Å². The largest absolute Gasteiger partial charge is 0.497 e. The van der Waals surface area contributed by atoms with Crippen LogP contribution in [-0.4, -0.2) is 40.2 Å². The van der Waals surface area contributed by atoms with Gasteiger partial charge in [-0.15, -0.1) is 0 Å². The number of aliphatic hydroxyl groups excluding tert-OH is 1. The summed E-state index contributed by atoms with van der Waals surface area (Å²) in [4.78, 5) is 21.2. The molecule has 1 saturated carbocycles. The van der Waals surface area contributed by atoms with E-state index in [9.17, 15) is 18.7 Å². The topological polar surface area (TPSA) is 136 Å². The fourth-order valence-corrected chi connectivity index (χ4v) is 5.23. The summed E-state index contributed by atoms with van der Waals surface area (Å²) in [6.07, 6.45) is 3.80. The van der Waals surface area contributed by atoms with Gasteiger partial charge in [-0.25, -0.2) is 13.8 Å². The molecule has 0 spiro atoms. The van der Waals surface area contributed by atoms with Crippen molar-refractivity contribution >= 4 is 27.9 Å². The maximum atomic E-state index is 14.5. The van der Waals surface area contributed by atoms with Gasteiger partial charge < -0.3 is 26.6 Å². The smallest absolute Gasteiger partial charge is 0.277 e. The van der Waals surface area contributed by atoms with Crippen molar-refractivity contribution in [3.63, 3.8) is 0 Å². The summed E-state index contributed by atoms with van der Waals surface area (Å²) in [7, 11) is 1.30. The molecule has 4 atom stereocenters. The number of halogens is 2. The number of pyridine rings is 1. The lowest BCUT2D eigenvalue weighted by atomic mass is 9.74. The fraction of sp³-hybridized carbons (Fsp3) is 0.348. The van der Waals surface area contributed by atoms with E-state index >= 15 is 0 Å². The van der Waals surface area contributed by atoms with Gasteiger partial charge >= 0.3 is 0 Å². The van der Waals surface area contributed by atoms with Crippen molar-refractivity contribution in [2.45, 2.75) is 37.8 Å². The molecule has 0 radical (unpaired) electrons. The van der Waals surface area contributed by atoms with Gasteiger partial charge in [-0.05, 0) is 36.3 Å². The Bertz CT molecular complexity index is 1190. The van der Waals surface area contributed by atoms with E-state index < -0.39 is 23.6 Å². The van der Waals surface area contributed by atoms with Crippen LogP contribution in [-0.2, 0) is 0 Å². The lowest BCUT2D eigenvalue weighted by Gasteiger charge is -2.36. The van der Waals surface area contributed by atoms with Crippen molar-refractivity contribution in [2.24, 2.45) is 11.7 Å². The highest BCUT2D eigenvalue weighted by atomic mass is 32.1. The minimum Gasteiger partial charge on any atom is -0.497 e. The molecule has 11 heteroatoms. The van der Waals surface area contributed by atoms with Crippen molar-refractivity contribution in [1.82, 2.24) is 9.97 Å². The average molecular weight is 490 g/mol. The quantitative estimate of drug-likeness (QED) is 0.430. The second-order valence-corrected chi connectivity index (χ2v) is 9.45. The highest BCUT2D eigenvalue weighted by Gasteiger charge is 2.34. The Balaban J connectivity index is 1.61. The Hall–Kier alpha value is -3.15. The van der Waals surface area contributed by atoms with Crippen LogP contribution in [0.25, 0.3) is 10.6 Å². The van der Waals surface area contributed by atoms with E-state index in [0.29, 0.717) is 18.5 Å². The first-order chi connectivity index (χ1) is 16.2. The van der Waals surface area contributed by atoms with Crippen LogP contribution in [0.15, 0.2) is 30.6 Å². The van der Waals surface area contributed by atoms with E-state index in [1.165, 1.54) is 13.3 Å². The number of nitrogen functional groups attached to an aromatic ring is 1. The number of benzene rings is 1. The first kappa shape index (κ1) is 24.0. The zero-order valence-electron chi connectivity index (χ0n) is 18.6. The number of amides is 1. The number of nitrogens with one attached hydrogen (secondary N) is 1. The average Bonchev–Trinajstić information content (AvgIpc) is 3.18. The maximum absolute atomic E-state index is 14.5. The molecule has 1 aromatic carbocycles. The number of aliphatic hydroxyl groups is 1. The number of nitrogens with two attached hydrogens (primary N) is 2. The first-order valence-corrected chi connectivity index (χ1v) is 11.5. The monoisotopic (exact) mass is 489 g/mol. The molecule has 2 aromatic heterocycles. The Labute approximate surface area is 199 Å². The molecule has 6 N–H and O–H groups in total. The summed E-state index contributed by atoms with van der Waals surface area (Å²) in [6.45, 7) is 1.94. The highest BCUT2D eigenvalue weighted by Crippen LogP contribution is 2.39. The maximum Gasteiger partial charge on any atom is 0.277 e. The number of ether oxygens (including phenoxy) is 1. The molecule has 34 heavy (non-hydrogen) atoms. The number of aromatic nitrogens is 2. The molecule has 8 nitrogen and oxygen atoms in total. The molecule has 2 heterocycles. The van der Waals surface area contributed by atoms with E-state index in [0.717, 1.165) is 29.0 Å². The molecule has 1 aliphatic rings. The summed E-state index contributed by atoms with van der Waals surface area (Å²) in [5.74, 6) is -2.35. The number of methoxy groups -OCH3 is 1. The number of hydrogen-bond acceptors (Lipinski definition) is 8. The molecule has 1 aliphatic carbocycles. The van der Waals surface area contributed by atoms with Crippen LogP contribution >= 0.6 is 11.3 Å². The minimum absolute atomic E-state index is 0.00324. The third-order valence-electron chi connectivity index (χ3n) is 6.11. The third-order valence-corrected chi connectivity index (χ3v) is 7.01. The zero-order valence-corrected chi connectivity index (χ0v) is 19.4. The molecule has 0 saturated heterocycles. The van der Waals surface area contributed by atoms with Gasteiger partial charge in [0.1, 0.15) is 27.4 Å². The SMILES string of the molecule is COc1cc(F)c(-c2nc(C(=O)Nc3cnccc3[C@H]3C[C@@H](N)[C@H](O)[C@@H](C)C3)c(N)s2)c(F)c1. The summed E-state index contributed by atoms with van der Waals surface area (Å²) in [5.41, 5.74) is 12.9. The molecule has 3 aromatic rings. The summed E-state index contributed by atoms with van der Waals surface area (Å²) in [5, 5.41) is 12.9. The van der Waals surface area contributed by atoms with Crippen LogP contribution in [0.1, 0.15) is 41.7 Å². The zero-order chi connectivity index (χ0) is 24.6. The van der Waals surface area contributed by atoms with Crippen LogP contribution in [0.2, 0.25) is 0 Å². The number of rotatable bonds is 5. The normalized spacial score (nSPS) is 22.4. The lowest BCUT2D eigenvalue weighted by Crippen LogP contribution is -2.44. The van der Waals surface area contributed by atoms with Gasteiger partial charge in [0.15, 0.2) is 5.69 Å². The minimum atomic E-state index is -0.878. The van der Waals surface area contributed by atoms with Gasteiger partial charge in [0.2, 0.25) is 0 Å². The van der Waals surface area contributed by atoms with E-state index in [1.807, 2.05) is 6.92 Å². The van der Waals surface area contributed by atoms with Gasteiger partial charge in [-0.1, -0.05) is 18.3 Å². The van der Waals surface area contributed by atoms with Crippen molar-refractivity contribution in [1.29, 1.82) is 0 Å². The molecular formula is C23H25F2N5O3S. The van der Waals surface area contributed by atoms with Crippen molar-refractivity contribution < 1.29 is 23.4 Å². The Morgan fingerprint density at radius 1 is 1.29 bits per heavy atom. The predicted octanol–water partition coefficient (Wildman–Crippen LogP) is 3.53. The predicted molar refractivity (Wildman–Crippen MR) is 126 cm³/mol. The second-order valence-electron chi connectivity index (χ2n) is 8.42. The molecule has 0 aliphatic heterocycles. The van der Waals surface area contributed by atoms with Gasteiger partial charge in [0, 0.05) is 24.4 Å². The standard InChI is InChI=1S/C23H25F2N5O3S/c1-10-5-11(6-16(26)20(10)31)13-3-4-28-9-17(13)29-22(32)19-21(27)34-23(30-19)18-14(24)7-12(33-2)8-15(18)25/h3-4,7-11,16,20,31H,5-6,26-27H2,1-2H3,(H,29,32)/t10-,11+,16+,20+/m0/s1. The second kappa shape index (κ2) is 9.61. The molecule has 1 amide bonds. The van der Waals surface area contributed by atoms with Crippen molar-refractivity contribution in [3.8, 4) is 16.3 Å². The van der Waals surface area contributed by atoms with E-state index in [2.05, 4.69) is 15.3 Å². The summed E-state index contributed by atoms with van der Waals surface area (Å²) < 4.78 is 33.8. The summed E-state index contributed by atoms with van der Waals surface area (Å²) >= 11 is 0.806. The van der Waals surface area contributed by atoms with Gasteiger partial charge in [-0.2, -0.15) is 0 Å². The Morgan fingerprint density at radius 2 is 2.00 bits per heavy atom. The van der Waals surface area contributed by atoms with Crippen LogP contribution in [0.4, 0.5) is 19.5 Å². The van der Waals surface area contributed by atoms with Gasteiger partial charge in [0.25, 0.3) is 5.91 Å². The number of thiazole rings is 1. The molecule has 180 valence electrons. The molecule has 0 bridgehead atoms. The van der Waals surface area contributed by atoms with Crippen LogP contribution in [0.5, 0.6) is 5.75 Å². The number of carbonyl (C=O) groups excluding carboxylic acids is 1. The first-order valence-electron chi connectivity index (χ1n) is 10.7. The number of carbonyl (C=O) groups is 1. The highest BCUT2D eigenvalue weighted by molar-refractivity contribution is 7.19. The fourth-order valence-electron chi connectivity index (χ4n) is 4.35. The summed E-state index contributed by atoms with van der Waals surface area (Å²) in [6, 6.07) is 3.49. The van der Waals surface area contributed by atoms with Crippen LogP contribution in [0, 0.1) is 17.6 Å². The van der Waals surface area contributed by atoms with E-state index in [4.69, 9.17) is 16.2 Å². The third kappa shape index (κ3) is 4.59.